The maximum Gasteiger partial charge on any atom is 0.242 e. The molecule has 2 aromatic rings. The van der Waals surface area contributed by atoms with E-state index in [0.29, 0.717) is 5.56 Å². The number of rotatable bonds is 8. The van der Waals surface area contributed by atoms with Gasteiger partial charge >= 0.3 is 0 Å². The van der Waals surface area contributed by atoms with Crippen molar-refractivity contribution in [1.29, 1.82) is 0 Å². The van der Waals surface area contributed by atoms with Crippen LogP contribution in [0.1, 0.15) is 26.3 Å². The minimum absolute atomic E-state index is 0.0379. The van der Waals surface area contributed by atoms with Crippen molar-refractivity contribution in [3.05, 3.63) is 66.0 Å². The second-order valence-electron chi connectivity index (χ2n) is 6.55. The summed E-state index contributed by atoms with van der Waals surface area (Å²) in [6, 6.07) is 15.1. The van der Waals surface area contributed by atoms with Gasteiger partial charge in [0.25, 0.3) is 0 Å². The highest BCUT2D eigenvalue weighted by molar-refractivity contribution is 8.00. The molecular weight excluding hydrogens is 363 g/mol. The van der Waals surface area contributed by atoms with Crippen molar-refractivity contribution >= 4 is 23.6 Å². The van der Waals surface area contributed by atoms with Gasteiger partial charge in [-0.2, -0.15) is 0 Å². The van der Waals surface area contributed by atoms with Gasteiger partial charge in [-0.15, -0.1) is 11.8 Å². The zero-order valence-electron chi connectivity index (χ0n) is 15.8. The molecule has 0 saturated carbocycles. The first-order valence-electron chi connectivity index (χ1n) is 8.89. The van der Waals surface area contributed by atoms with Crippen LogP contribution in [0.5, 0.6) is 0 Å². The third kappa shape index (κ3) is 6.40. The lowest BCUT2D eigenvalue weighted by Gasteiger charge is -2.29. The smallest absolute Gasteiger partial charge is 0.242 e. The number of benzene rings is 2. The van der Waals surface area contributed by atoms with Crippen LogP contribution in [0, 0.1) is 5.82 Å². The molecule has 6 heteroatoms. The predicted octanol–water partition coefficient (Wildman–Crippen LogP) is 3.86. The summed E-state index contributed by atoms with van der Waals surface area (Å²) in [4.78, 5) is 27.7. The number of halogens is 1. The van der Waals surface area contributed by atoms with Crippen LogP contribution in [0.25, 0.3) is 0 Å². The monoisotopic (exact) mass is 388 g/mol. The van der Waals surface area contributed by atoms with E-state index in [0.717, 1.165) is 4.90 Å². The van der Waals surface area contributed by atoms with Crippen molar-refractivity contribution < 1.29 is 14.0 Å². The number of thioether (sulfide) groups is 1. The molecule has 2 rings (SSSR count). The first-order chi connectivity index (χ1) is 12.9. The topological polar surface area (TPSA) is 49.4 Å². The van der Waals surface area contributed by atoms with Crippen LogP contribution in [0.4, 0.5) is 4.39 Å². The van der Waals surface area contributed by atoms with E-state index in [9.17, 15) is 14.0 Å². The van der Waals surface area contributed by atoms with Crippen LogP contribution in [0.2, 0.25) is 0 Å². The van der Waals surface area contributed by atoms with E-state index in [1.165, 1.54) is 22.7 Å². The third-order valence-electron chi connectivity index (χ3n) is 4.00. The molecule has 0 radical (unpaired) electrons. The molecule has 0 aliphatic rings. The molecule has 0 fully saturated rings. The Morgan fingerprint density at radius 1 is 1.04 bits per heavy atom. The largest absolute Gasteiger partial charge is 0.352 e. The van der Waals surface area contributed by atoms with E-state index >= 15 is 0 Å². The first-order valence-corrected chi connectivity index (χ1v) is 9.88. The van der Waals surface area contributed by atoms with E-state index < -0.39 is 6.04 Å². The molecule has 0 bridgehead atoms. The van der Waals surface area contributed by atoms with E-state index in [-0.39, 0.29) is 36.0 Å². The van der Waals surface area contributed by atoms with E-state index in [1.54, 1.807) is 25.1 Å². The Bertz CT molecular complexity index is 768. The summed E-state index contributed by atoms with van der Waals surface area (Å²) >= 11 is 1.40. The number of amides is 2. The number of carbonyl (C=O) groups excluding carboxylic acids is 2. The van der Waals surface area contributed by atoms with Crippen LogP contribution < -0.4 is 5.32 Å². The zero-order valence-corrected chi connectivity index (χ0v) is 16.6. The molecular formula is C21H25FN2O2S. The summed E-state index contributed by atoms with van der Waals surface area (Å²) in [5.41, 5.74) is 0.389. The van der Waals surface area contributed by atoms with E-state index in [2.05, 4.69) is 5.32 Å². The molecule has 0 aliphatic carbocycles. The van der Waals surface area contributed by atoms with Crippen LogP contribution in [0.15, 0.2) is 59.5 Å². The molecule has 0 heterocycles. The fraction of sp³-hybridized carbons (Fsp3) is 0.333. The second kappa shape index (κ2) is 10.1. The van der Waals surface area contributed by atoms with Gasteiger partial charge in [0.2, 0.25) is 11.8 Å². The maximum absolute atomic E-state index is 14.1. The molecule has 0 saturated heterocycles. The lowest BCUT2D eigenvalue weighted by atomic mass is 10.1. The molecule has 2 amide bonds. The van der Waals surface area contributed by atoms with E-state index in [1.807, 2.05) is 44.2 Å². The fourth-order valence-corrected chi connectivity index (χ4v) is 3.35. The Morgan fingerprint density at radius 2 is 1.67 bits per heavy atom. The zero-order chi connectivity index (χ0) is 19.8. The first kappa shape index (κ1) is 21.0. The normalized spacial score (nSPS) is 11.9. The molecule has 1 atom stereocenters. The lowest BCUT2D eigenvalue weighted by molar-refractivity contribution is -0.138. The average molecular weight is 389 g/mol. The number of hydrogen-bond acceptors (Lipinski definition) is 3. The lowest BCUT2D eigenvalue weighted by Crippen LogP contribution is -2.49. The maximum atomic E-state index is 14.1. The van der Waals surface area contributed by atoms with Crippen molar-refractivity contribution in [3.63, 3.8) is 0 Å². The molecule has 4 nitrogen and oxygen atoms in total. The Morgan fingerprint density at radius 3 is 2.30 bits per heavy atom. The molecule has 0 spiro atoms. The van der Waals surface area contributed by atoms with Crippen molar-refractivity contribution in [3.8, 4) is 0 Å². The summed E-state index contributed by atoms with van der Waals surface area (Å²) < 4.78 is 14.1. The van der Waals surface area contributed by atoms with Gasteiger partial charge in [0.05, 0.1) is 5.75 Å². The summed E-state index contributed by atoms with van der Waals surface area (Å²) in [6.07, 6.45) is 0. The number of carbonyl (C=O) groups is 2. The second-order valence-corrected chi connectivity index (χ2v) is 7.60. The summed E-state index contributed by atoms with van der Waals surface area (Å²) in [7, 11) is 0. The van der Waals surface area contributed by atoms with Gasteiger partial charge in [0.1, 0.15) is 11.9 Å². The highest BCUT2D eigenvalue weighted by Gasteiger charge is 2.27. The highest BCUT2D eigenvalue weighted by Crippen LogP contribution is 2.20. The number of hydrogen-bond donors (Lipinski definition) is 1. The molecule has 0 aliphatic heterocycles. The van der Waals surface area contributed by atoms with Gasteiger partial charge in [0.15, 0.2) is 0 Å². The Balaban J connectivity index is 2.15. The summed E-state index contributed by atoms with van der Waals surface area (Å²) in [6.45, 7) is 5.44. The van der Waals surface area contributed by atoms with Crippen molar-refractivity contribution in [2.24, 2.45) is 0 Å². The average Bonchev–Trinajstić information content (AvgIpc) is 2.65. The van der Waals surface area contributed by atoms with Crippen LogP contribution in [-0.2, 0) is 16.1 Å². The minimum Gasteiger partial charge on any atom is -0.352 e. The van der Waals surface area contributed by atoms with Gasteiger partial charge in [-0.25, -0.2) is 4.39 Å². The molecule has 0 unspecified atom stereocenters. The van der Waals surface area contributed by atoms with Crippen LogP contribution >= 0.6 is 11.8 Å². The van der Waals surface area contributed by atoms with Gasteiger partial charge in [-0.3, -0.25) is 9.59 Å². The van der Waals surface area contributed by atoms with Crippen LogP contribution in [-0.4, -0.2) is 34.6 Å². The Kier molecular flexibility index (Phi) is 7.85. The number of nitrogens with zero attached hydrogens (tertiary/aromatic N) is 1. The third-order valence-corrected chi connectivity index (χ3v) is 5.00. The molecule has 0 aromatic heterocycles. The molecule has 2 aromatic carbocycles. The summed E-state index contributed by atoms with van der Waals surface area (Å²) in [5, 5.41) is 2.82. The SMILES string of the molecule is CC(C)NC(=O)[C@H](C)N(Cc1ccccc1F)C(=O)CSc1ccccc1. The summed E-state index contributed by atoms with van der Waals surface area (Å²) in [5.74, 6) is -0.669. The predicted molar refractivity (Wildman–Crippen MR) is 107 cm³/mol. The Hall–Kier alpha value is -2.34. The fourth-order valence-electron chi connectivity index (χ4n) is 2.54. The minimum atomic E-state index is -0.698. The quantitative estimate of drug-likeness (QED) is 0.699. The highest BCUT2D eigenvalue weighted by atomic mass is 32.2. The Labute approximate surface area is 164 Å². The van der Waals surface area contributed by atoms with Gasteiger partial charge in [0, 0.05) is 23.0 Å². The standard InChI is InChI=1S/C21H25FN2O2S/c1-15(2)23-21(26)16(3)24(13-17-9-7-8-12-19(17)22)20(25)14-27-18-10-5-4-6-11-18/h4-12,15-16H,13-14H2,1-3H3,(H,23,26)/t16-/m0/s1. The van der Waals surface area contributed by atoms with Crippen molar-refractivity contribution in [2.75, 3.05) is 5.75 Å². The van der Waals surface area contributed by atoms with Crippen LogP contribution in [0.3, 0.4) is 0 Å². The van der Waals surface area contributed by atoms with Crippen molar-refractivity contribution in [2.45, 2.75) is 44.3 Å². The van der Waals surface area contributed by atoms with Crippen molar-refractivity contribution in [1.82, 2.24) is 10.2 Å². The van der Waals surface area contributed by atoms with Gasteiger partial charge in [-0.1, -0.05) is 36.4 Å². The number of nitrogens with one attached hydrogen (secondary N) is 1. The molecule has 1 N–H and O–H groups in total. The molecule has 144 valence electrons. The molecule has 27 heavy (non-hydrogen) atoms. The van der Waals surface area contributed by atoms with E-state index in [4.69, 9.17) is 0 Å². The van der Waals surface area contributed by atoms with Gasteiger partial charge in [-0.05, 0) is 39.0 Å². The van der Waals surface area contributed by atoms with Gasteiger partial charge < -0.3 is 10.2 Å².